The number of nitrogens with one attached hydrogen (secondary N) is 1. The Kier molecular flexibility index (Phi) is 3.24. The minimum atomic E-state index is -0.230. The summed E-state index contributed by atoms with van der Waals surface area (Å²) in [5.74, 6) is 0.405. The van der Waals surface area contributed by atoms with Crippen LogP contribution >= 0.6 is 0 Å². The van der Waals surface area contributed by atoms with Gasteiger partial charge in [-0.15, -0.1) is 0 Å². The molecule has 88 valence electrons. The minimum Gasteiger partial charge on any atom is -0.273 e. The molecule has 1 aliphatic rings. The summed E-state index contributed by atoms with van der Waals surface area (Å²) < 4.78 is 1.68. The van der Waals surface area contributed by atoms with Gasteiger partial charge in [0.2, 0.25) is 0 Å². The molecule has 0 atom stereocenters. The molecule has 0 unspecified atom stereocenters. The number of carbonyl (C=O) groups is 1. The summed E-state index contributed by atoms with van der Waals surface area (Å²) in [5, 5.41) is 4.09. The molecular weight excluding hydrogens is 206 g/mol. The number of hydrogen-bond acceptors (Lipinski definition) is 3. The maximum absolute atomic E-state index is 11.7. The van der Waals surface area contributed by atoms with Gasteiger partial charge in [-0.05, 0) is 38.7 Å². The molecule has 5 heteroatoms. The summed E-state index contributed by atoms with van der Waals surface area (Å²) in [6, 6.07) is 1.86. The smallest absolute Gasteiger partial charge is 0.273 e. The van der Waals surface area contributed by atoms with Crippen LogP contribution in [0.3, 0.4) is 0 Å². The molecule has 1 aliphatic carbocycles. The van der Waals surface area contributed by atoms with Gasteiger partial charge in [-0.2, -0.15) is 5.10 Å². The van der Waals surface area contributed by atoms with Crippen molar-refractivity contribution in [2.24, 2.45) is 5.92 Å². The van der Waals surface area contributed by atoms with E-state index in [-0.39, 0.29) is 11.9 Å². The van der Waals surface area contributed by atoms with Crippen LogP contribution in [0, 0.1) is 5.92 Å². The quantitative estimate of drug-likeness (QED) is 0.770. The molecule has 16 heavy (non-hydrogen) atoms. The van der Waals surface area contributed by atoms with Crippen LogP contribution in [-0.2, 0) is 4.84 Å². The van der Waals surface area contributed by atoms with Gasteiger partial charge in [0.1, 0.15) is 5.69 Å². The Balaban J connectivity index is 1.88. The highest BCUT2D eigenvalue weighted by Gasteiger charge is 2.22. The summed E-state index contributed by atoms with van der Waals surface area (Å²) in [6.45, 7) is 4.57. The van der Waals surface area contributed by atoms with E-state index in [2.05, 4.69) is 10.6 Å². The first-order valence-corrected chi connectivity index (χ1v) is 5.64. The maximum atomic E-state index is 11.7. The van der Waals surface area contributed by atoms with Crippen molar-refractivity contribution >= 4 is 5.91 Å². The predicted octanol–water partition coefficient (Wildman–Crippen LogP) is 1.54. The lowest BCUT2D eigenvalue weighted by Gasteiger charge is -2.10. The Morgan fingerprint density at radius 3 is 3.06 bits per heavy atom. The topological polar surface area (TPSA) is 56.2 Å². The summed E-state index contributed by atoms with van der Waals surface area (Å²) in [5.41, 5.74) is 2.99. The number of hydroxylamine groups is 1. The van der Waals surface area contributed by atoms with Crippen molar-refractivity contribution in [2.75, 3.05) is 6.61 Å². The van der Waals surface area contributed by atoms with E-state index < -0.39 is 0 Å². The second-order valence-electron chi connectivity index (χ2n) is 4.44. The highest BCUT2D eigenvalue weighted by atomic mass is 16.7. The molecule has 0 aliphatic heterocycles. The minimum absolute atomic E-state index is 0.166. The zero-order valence-corrected chi connectivity index (χ0v) is 9.64. The van der Waals surface area contributed by atoms with E-state index in [4.69, 9.17) is 4.84 Å². The summed E-state index contributed by atoms with van der Waals surface area (Å²) in [4.78, 5) is 16.9. The van der Waals surface area contributed by atoms with Gasteiger partial charge in [-0.1, -0.05) is 0 Å². The van der Waals surface area contributed by atoms with E-state index in [1.54, 1.807) is 16.9 Å². The molecule has 5 nitrogen and oxygen atoms in total. The normalized spacial score (nSPS) is 15.4. The second kappa shape index (κ2) is 4.65. The first-order chi connectivity index (χ1) is 7.68. The monoisotopic (exact) mass is 223 g/mol. The van der Waals surface area contributed by atoms with Gasteiger partial charge in [0.05, 0.1) is 6.61 Å². The number of hydrogen-bond donors (Lipinski definition) is 1. The predicted molar refractivity (Wildman–Crippen MR) is 58.8 cm³/mol. The fourth-order valence-electron chi connectivity index (χ4n) is 1.47. The van der Waals surface area contributed by atoms with Gasteiger partial charge in [0, 0.05) is 12.2 Å². The Hall–Kier alpha value is -1.36. The largest absolute Gasteiger partial charge is 0.293 e. The highest BCUT2D eigenvalue weighted by Crippen LogP contribution is 2.28. The Bertz CT molecular complexity index is 369. The second-order valence-corrected chi connectivity index (χ2v) is 4.44. The van der Waals surface area contributed by atoms with Crippen LogP contribution in [0.25, 0.3) is 0 Å². The number of nitrogens with zero attached hydrogens (tertiary/aromatic N) is 2. The van der Waals surface area contributed by atoms with Crippen molar-refractivity contribution in [1.29, 1.82) is 0 Å². The fraction of sp³-hybridized carbons (Fsp3) is 0.636. The van der Waals surface area contributed by atoms with Crippen LogP contribution in [0.4, 0.5) is 0 Å². The van der Waals surface area contributed by atoms with Gasteiger partial charge < -0.3 is 0 Å². The van der Waals surface area contributed by atoms with Gasteiger partial charge >= 0.3 is 0 Å². The van der Waals surface area contributed by atoms with E-state index in [1.807, 2.05) is 13.8 Å². The van der Waals surface area contributed by atoms with Crippen LogP contribution in [0.15, 0.2) is 12.3 Å². The summed E-state index contributed by atoms with van der Waals surface area (Å²) in [6.07, 6.45) is 4.04. The highest BCUT2D eigenvalue weighted by molar-refractivity contribution is 5.91. The Morgan fingerprint density at radius 1 is 1.69 bits per heavy atom. The van der Waals surface area contributed by atoms with Crippen molar-refractivity contribution in [3.05, 3.63) is 18.0 Å². The zero-order chi connectivity index (χ0) is 11.5. The lowest BCUT2D eigenvalue weighted by atomic mass is 10.3. The molecule has 0 aromatic carbocycles. The SMILES string of the molecule is CC(C)n1nccc1C(=O)NOCC1CC1. The van der Waals surface area contributed by atoms with E-state index in [9.17, 15) is 4.79 Å². The van der Waals surface area contributed by atoms with Crippen molar-refractivity contribution in [3.8, 4) is 0 Å². The third-order valence-corrected chi connectivity index (χ3v) is 2.57. The van der Waals surface area contributed by atoms with E-state index >= 15 is 0 Å². The molecule has 0 bridgehead atoms. The van der Waals surface area contributed by atoms with Crippen LogP contribution in [-0.4, -0.2) is 22.3 Å². The molecule has 1 N–H and O–H groups in total. The molecular formula is C11H17N3O2. The number of aromatic nitrogens is 2. The Labute approximate surface area is 94.7 Å². The fourth-order valence-corrected chi connectivity index (χ4v) is 1.47. The molecule has 0 saturated heterocycles. The molecule has 0 radical (unpaired) electrons. The number of carbonyl (C=O) groups excluding carboxylic acids is 1. The summed E-state index contributed by atoms with van der Waals surface area (Å²) >= 11 is 0. The van der Waals surface area contributed by atoms with Gasteiger partial charge in [0.15, 0.2) is 0 Å². The Morgan fingerprint density at radius 2 is 2.44 bits per heavy atom. The van der Waals surface area contributed by atoms with Gasteiger partial charge in [0.25, 0.3) is 5.91 Å². The average molecular weight is 223 g/mol. The van der Waals surface area contributed by atoms with E-state index in [0.717, 1.165) is 0 Å². The third-order valence-electron chi connectivity index (χ3n) is 2.57. The first kappa shape index (κ1) is 11.1. The zero-order valence-electron chi connectivity index (χ0n) is 9.64. The van der Waals surface area contributed by atoms with E-state index in [1.165, 1.54) is 12.8 Å². The number of rotatable bonds is 5. The molecule has 1 amide bonds. The molecule has 0 spiro atoms. The van der Waals surface area contributed by atoms with Crippen LogP contribution in [0.2, 0.25) is 0 Å². The van der Waals surface area contributed by atoms with Crippen molar-refractivity contribution in [2.45, 2.75) is 32.7 Å². The van der Waals surface area contributed by atoms with Gasteiger partial charge in [-0.25, -0.2) is 5.48 Å². The third kappa shape index (κ3) is 2.61. The summed E-state index contributed by atoms with van der Waals surface area (Å²) in [7, 11) is 0. The first-order valence-electron chi connectivity index (χ1n) is 5.64. The van der Waals surface area contributed by atoms with E-state index in [0.29, 0.717) is 18.2 Å². The molecule has 1 aromatic rings. The number of amides is 1. The van der Waals surface area contributed by atoms with Crippen molar-refractivity contribution in [1.82, 2.24) is 15.3 Å². The van der Waals surface area contributed by atoms with Crippen LogP contribution in [0.5, 0.6) is 0 Å². The molecule has 2 rings (SSSR count). The van der Waals surface area contributed by atoms with Crippen molar-refractivity contribution in [3.63, 3.8) is 0 Å². The van der Waals surface area contributed by atoms with Crippen molar-refractivity contribution < 1.29 is 9.63 Å². The van der Waals surface area contributed by atoms with Gasteiger partial charge in [-0.3, -0.25) is 14.3 Å². The lowest BCUT2D eigenvalue weighted by Crippen LogP contribution is -2.27. The molecule has 1 fully saturated rings. The lowest BCUT2D eigenvalue weighted by molar-refractivity contribution is 0.0260. The molecule has 1 saturated carbocycles. The molecule has 1 aromatic heterocycles. The average Bonchev–Trinajstić information content (AvgIpc) is 2.93. The van der Waals surface area contributed by atoms with Crippen LogP contribution < -0.4 is 5.48 Å². The molecule has 1 heterocycles. The van der Waals surface area contributed by atoms with Crippen LogP contribution in [0.1, 0.15) is 43.2 Å². The maximum Gasteiger partial charge on any atom is 0.293 e. The standard InChI is InChI=1S/C11H17N3O2/c1-8(2)14-10(5-6-12-14)11(15)13-16-7-9-3-4-9/h5-6,8-9H,3-4,7H2,1-2H3,(H,13,15).